The van der Waals surface area contributed by atoms with Gasteiger partial charge in [0.15, 0.2) is 5.82 Å². The Kier molecular flexibility index (Phi) is 4.23. The summed E-state index contributed by atoms with van der Waals surface area (Å²) in [5.74, 6) is 0.553. The molecule has 6 heteroatoms. The molecule has 0 spiro atoms. The fourth-order valence-electron chi connectivity index (χ4n) is 1.98. The van der Waals surface area contributed by atoms with E-state index in [4.69, 9.17) is 23.2 Å². The lowest BCUT2D eigenvalue weighted by Gasteiger charge is -2.08. The number of halogens is 4. The molecule has 3 rings (SSSR count). The molecule has 0 N–H and O–H groups in total. The molecule has 3 aromatic rings. The van der Waals surface area contributed by atoms with Gasteiger partial charge in [-0.15, -0.1) is 0 Å². The molecule has 0 fully saturated rings. The van der Waals surface area contributed by atoms with Crippen LogP contribution in [0.2, 0.25) is 10.2 Å². The van der Waals surface area contributed by atoms with E-state index in [-0.39, 0.29) is 0 Å². The summed E-state index contributed by atoms with van der Waals surface area (Å²) in [5.41, 5.74) is 2.62. The van der Waals surface area contributed by atoms with Crippen LogP contribution in [0.25, 0.3) is 22.3 Å². The van der Waals surface area contributed by atoms with E-state index < -0.39 is 0 Å². The zero-order valence-corrected chi connectivity index (χ0v) is 15.5. The summed E-state index contributed by atoms with van der Waals surface area (Å²) >= 11 is 19.4. The number of fused-ring (bicyclic) bond motifs is 1. The number of benzene rings is 2. The normalized spacial score (nSPS) is 11.1. The Bertz CT molecular complexity index is 866. The summed E-state index contributed by atoms with van der Waals surface area (Å²) < 4.78 is 1.77. The Morgan fingerprint density at radius 1 is 1.00 bits per heavy atom. The minimum absolute atomic E-state index is 0.411. The monoisotopic (exact) mass is 444 g/mol. The maximum absolute atomic E-state index is 6.30. The van der Waals surface area contributed by atoms with Crippen molar-refractivity contribution in [3.05, 3.63) is 55.0 Å². The second-order valence-corrected chi connectivity index (χ2v) is 7.12. The van der Waals surface area contributed by atoms with E-state index in [0.29, 0.717) is 16.0 Å². The van der Waals surface area contributed by atoms with Gasteiger partial charge in [-0.05, 0) is 46.6 Å². The molecule has 0 aliphatic heterocycles. The number of nitrogens with zero attached hydrogens (tertiary/aromatic N) is 2. The van der Waals surface area contributed by atoms with Crippen LogP contribution in [0, 0.1) is 6.92 Å². The molecule has 2 nitrogen and oxygen atoms in total. The smallest absolute Gasteiger partial charge is 0.161 e. The number of hydrogen-bond acceptors (Lipinski definition) is 2. The van der Waals surface area contributed by atoms with Gasteiger partial charge in [-0.1, -0.05) is 51.3 Å². The van der Waals surface area contributed by atoms with Crippen molar-refractivity contribution in [3.63, 3.8) is 0 Å². The molecular formula is C15H8Br2Cl2N2. The Morgan fingerprint density at radius 2 is 1.76 bits per heavy atom. The maximum Gasteiger partial charge on any atom is 0.161 e. The summed E-state index contributed by atoms with van der Waals surface area (Å²) in [7, 11) is 0. The zero-order chi connectivity index (χ0) is 15.1. The second-order valence-electron chi connectivity index (χ2n) is 4.59. The SMILES string of the molecule is Cc1ccc(-c2nc(Cl)c3cc(Br)cc(Br)c3n2)cc1Cl. The van der Waals surface area contributed by atoms with Gasteiger partial charge in [0, 0.05) is 24.9 Å². The number of hydrogen-bond donors (Lipinski definition) is 0. The molecule has 0 aliphatic rings. The average Bonchev–Trinajstić information content (AvgIpc) is 2.43. The van der Waals surface area contributed by atoms with Crippen molar-refractivity contribution in [1.82, 2.24) is 9.97 Å². The standard InChI is InChI=1S/C15H8Br2Cl2N2/c1-7-2-3-8(4-12(7)18)15-20-13-10(14(19)21-15)5-9(16)6-11(13)17/h2-6H,1H3. The van der Waals surface area contributed by atoms with Crippen LogP contribution in [-0.2, 0) is 0 Å². The number of rotatable bonds is 1. The van der Waals surface area contributed by atoms with Gasteiger partial charge < -0.3 is 0 Å². The van der Waals surface area contributed by atoms with Crippen molar-refractivity contribution in [1.29, 1.82) is 0 Å². The molecule has 0 aliphatic carbocycles. The van der Waals surface area contributed by atoms with Gasteiger partial charge in [0.2, 0.25) is 0 Å². The minimum Gasteiger partial charge on any atom is -0.227 e. The van der Waals surface area contributed by atoms with E-state index >= 15 is 0 Å². The lowest BCUT2D eigenvalue weighted by atomic mass is 10.1. The van der Waals surface area contributed by atoms with Crippen molar-refractivity contribution in [3.8, 4) is 11.4 Å². The molecular weight excluding hydrogens is 439 g/mol. The van der Waals surface area contributed by atoms with Crippen molar-refractivity contribution in [2.24, 2.45) is 0 Å². The Morgan fingerprint density at radius 3 is 2.48 bits per heavy atom. The second kappa shape index (κ2) is 5.84. The molecule has 1 aromatic heterocycles. The fraction of sp³-hybridized carbons (Fsp3) is 0.0667. The highest BCUT2D eigenvalue weighted by molar-refractivity contribution is 9.11. The summed E-state index contributed by atoms with van der Waals surface area (Å²) in [4.78, 5) is 8.97. The zero-order valence-electron chi connectivity index (χ0n) is 10.8. The van der Waals surface area contributed by atoms with E-state index in [1.54, 1.807) is 0 Å². The Hall–Kier alpha value is -0.680. The van der Waals surface area contributed by atoms with E-state index in [2.05, 4.69) is 41.8 Å². The van der Waals surface area contributed by atoms with Crippen LogP contribution in [0.15, 0.2) is 39.3 Å². The van der Waals surface area contributed by atoms with E-state index in [1.807, 2.05) is 37.3 Å². The third-order valence-corrected chi connectivity index (χ3v) is 4.86. The number of aromatic nitrogens is 2. The molecule has 0 radical (unpaired) electrons. The molecule has 21 heavy (non-hydrogen) atoms. The van der Waals surface area contributed by atoms with Gasteiger partial charge >= 0.3 is 0 Å². The number of aryl methyl sites for hydroxylation is 1. The minimum atomic E-state index is 0.411. The average molecular weight is 447 g/mol. The molecule has 0 bridgehead atoms. The third-order valence-electron chi connectivity index (χ3n) is 3.10. The highest BCUT2D eigenvalue weighted by Crippen LogP contribution is 2.33. The van der Waals surface area contributed by atoms with E-state index in [9.17, 15) is 0 Å². The Labute approximate surface area is 148 Å². The van der Waals surface area contributed by atoms with Crippen LogP contribution >= 0.6 is 55.1 Å². The summed E-state index contributed by atoms with van der Waals surface area (Å²) in [6.07, 6.45) is 0. The summed E-state index contributed by atoms with van der Waals surface area (Å²) in [6, 6.07) is 9.55. The first-order valence-corrected chi connectivity index (χ1v) is 8.39. The quantitative estimate of drug-likeness (QED) is 0.402. The van der Waals surface area contributed by atoms with Crippen LogP contribution in [0.3, 0.4) is 0 Å². The first-order valence-electron chi connectivity index (χ1n) is 6.04. The molecule has 1 heterocycles. The first-order chi connectivity index (χ1) is 9.95. The third kappa shape index (κ3) is 2.95. The van der Waals surface area contributed by atoms with Crippen molar-refractivity contribution >= 4 is 66.0 Å². The first kappa shape index (κ1) is 15.2. The lowest BCUT2D eigenvalue weighted by molar-refractivity contribution is 1.22. The summed E-state index contributed by atoms with van der Waals surface area (Å²) in [5, 5.41) is 1.88. The van der Waals surface area contributed by atoms with Crippen LogP contribution in [0.4, 0.5) is 0 Å². The van der Waals surface area contributed by atoms with E-state index in [0.717, 1.165) is 31.0 Å². The predicted molar refractivity (Wildman–Crippen MR) is 95.1 cm³/mol. The maximum atomic E-state index is 6.30. The molecule has 0 atom stereocenters. The van der Waals surface area contributed by atoms with Crippen molar-refractivity contribution in [2.45, 2.75) is 6.92 Å². The molecule has 2 aromatic carbocycles. The largest absolute Gasteiger partial charge is 0.227 e. The topological polar surface area (TPSA) is 25.8 Å². The van der Waals surface area contributed by atoms with Crippen molar-refractivity contribution < 1.29 is 0 Å². The molecule has 0 saturated carbocycles. The molecule has 106 valence electrons. The molecule has 0 unspecified atom stereocenters. The lowest BCUT2D eigenvalue weighted by Crippen LogP contribution is -1.93. The van der Waals surface area contributed by atoms with Crippen LogP contribution in [0.1, 0.15) is 5.56 Å². The van der Waals surface area contributed by atoms with Gasteiger partial charge in [0.1, 0.15) is 5.15 Å². The van der Waals surface area contributed by atoms with E-state index in [1.165, 1.54) is 0 Å². The van der Waals surface area contributed by atoms with Gasteiger partial charge in [-0.25, -0.2) is 9.97 Å². The fourth-order valence-corrected chi connectivity index (χ4v) is 3.70. The predicted octanol–water partition coefficient (Wildman–Crippen LogP) is 6.44. The van der Waals surface area contributed by atoms with Gasteiger partial charge in [0.05, 0.1) is 5.52 Å². The van der Waals surface area contributed by atoms with Crippen molar-refractivity contribution in [2.75, 3.05) is 0 Å². The van der Waals surface area contributed by atoms with Crippen LogP contribution in [-0.4, -0.2) is 9.97 Å². The highest BCUT2D eigenvalue weighted by Gasteiger charge is 2.12. The summed E-state index contributed by atoms with van der Waals surface area (Å²) in [6.45, 7) is 1.95. The van der Waals surface area contributed by atoms with Gasteiger partial charge in [-0.2, -0.15) is 0 Å². The van der Waals surface area contributed by atoms with Gasteiger partial charge in [0.25, 0.3) is 0 Å². The van der Waals surface area contributed by atoms with Crippen LogP contribution in [0.5, 0.6) is 0 Å². The molecule has 0 amide bonds. The van der Waals surface area contributed by atoms with Gasteiger partial charge in [-0.3, -0.25) is 0 Å². The van der Waals surface area contributed by atoms with Crippen LogP contribution < -0.4 is 0 Å². The highest BCUT2D eigenvalue weighted by atomic mass is 79.9. The Balaban J connectivity index is 2.27. The molecule has 0 saturated heterocycles.